The normalized spacial score (nSPS) is 11.7. The predicted molar refractivity (Wildman–Crippen MR) is 230 cm³/mol. The van der Waals surface area contributed by atoms with Gasteiger partial charge in [-0.3, -0.25) is 0 Å². The number of nitrogens with zero attached hydrogens (tertiary/aromatic N) is 1. The Kier molecular flexibility index (Phi) is 6.93. The van der Waals surface area contributed by atoms with Gasteiger partial charge in [0.25, 0.3) is 0 Å². The van der Waals surface area contributed by atoms with Crippen molar-refractivity contribution in [2.75, 3.05) is 0 Å². The molecule has 10 aromatic carbocycles. The van der Waals surface area contributed by atoms with Crippen LogP contribution in [-0.2, 0) is 0 Å². The van der Waals surface area contributed by atoms with Gasteiger partial charge in [-0.2, -0.15) is 0 Å². The van der Waals surface area contributed by atoms with Gasteiger partial charge in [0.2, 0.25) is 0 Å². The number of hydrogen-bond donors (Lipinski definition) is 0. The average Bonchev–Trinajstić information content (AvgIpc) is 3.25. The summed E-state index contributed by atoms with van der Waals surface area (Å²) in [5, 5.41) is 12.6. The van der Waals surface area contributed by atoms with Crippen LogP contribution in [0.2, 0.25) is 0 Å². The summed E-state index contributed by atoms with van der Waals surface area (Å²) < 4.78 is 0. The summed E-state index contributed by atoms with van der Waals surface area (Å²) in [5.41, 5.74) is 11.3. The lowest BCUT2D eigenvalue weighted by atomic mass is 9.90. The largest absolute Gasteiger partial charge is 0.248 e. The van der Waals surface area contributed by atoms with Crippen LogP contribution in [-0.4, -0.2) is 4.98 Å². The van der Waals surface area contributed by atoms with Crippen LogP contribution in [0.1, 0.15) is 0 Å². The summed E-state index contributed by atoms with van der Waals surface area (Å²) in [4.78, 5) is 5.50. The monoisotopic (exact) mass is 683 g/mol. The predicted octanol–water partition coefficient (Wildman–Crippen LogP) is 14.6. The molecule has 0 saturated heterocycles. The first-order valence-electron chi connectivity index (χ1n) is 18.6. The lowest BCUT2D eigenvalue weighted by Crippen LogP contribution is -1.94. The SMILES string of the molecule is c1cc(-c2cc(-c3cccc(-c4cccc5ccccc45)c3)nc(-c3ccc4ccc5cccc6ccc3c4c56)c2)cc(-c2cccc3ccccc23)c1. The maximum absolute atomic E-state index is 5.50. The van der Waals surface area contributed by atoms with Gasteiger partial charge in [-0.1, -0.05) is 176 Å². The zero-order valence-corrected chi connectivity index (χ0v) is 29.5. The van der Waals surface area contributed by atoms with Gasteiger partial charge in [0.15, 0.2) is 0 Å². The first-order valence-corrected chi connectivity index (χ1v) is 18.6. The fourth-order valence-electron chi connectivity index (χ4n) is 8.61. The van der Waals surface area contributed by atoms with Gasteiger partial charge in [-0.15, -0.1) is 0 Å². The summed E-state index contributed by atoms with van der Waals surface area (Å²) in [5.74, 6) is 0. The molecule has 0 N–H and O–H groups in total. The Morgan fingerprint density at radius 1 is 0.241 bits per heavy atom. The lowest BCUT2D eigenvalue weighted by molar-refractivity contribution is 1.33. The fraction of sp³-hybridized carbons (Fsp3) is 0. The number of aromatic nitrogens is 1. The van der Waals surface area contributed by atoms with Crippen molar-refractivity contribution in [3.05, 3.63) is 200 Å². The van der Waals surface area contributed by atoms with Gasteiger partial charge in [-0.05, 0) is 112 Å². The number of pyridine rings is 1. The number of hydrogen-bond acceptors (Lipinski definition) is 1. The van der Waals surface area contributed by atoms with Crippen molar-refractivity contribution in [2.45, 2.75) is 0 Å². The van der Waals surface area contributed by atoms with Crippen molar-refractivity contribution in [1.82, 2.24) is 4.98 Å². The van der Waals surface area contributed by atoms with E-state index in [0.717, 1.165) is 33.6 Å². The highest BCUT2D eigenvalue weighted by atomic mass is 14.7. The van der Waals surface area contributed by atoms with Crippen LogP contribution in [0.4, 0.5) is 0 Å². The van der Waals surface area contributed by atoms with E-state index in [1.165, 1.54) is 76.1 Å². The molecule has 0 spiro atoms. The number of fused-ring (bicyclic) bond motifs is 2. The molecule has 1 heteroatoms. The molecule has 0 unspecified atom stereocenters. The third kappa shape index (κ3) is 4.98. The fourth-order valence-corrected chi connectivity index (χ4v) is 8.61. The van der Waals surface area contributed by atoms with Gasteiger partial charge >= 0.3 is 0 Å². The molecule has 1 aromatic heterocycles. The van der Waals surface area contributed by atoms with Crippen molar-refractivity contribution in [2.24, 2.45) is 0 Å². The zero-order chi connectivity index (χ0) is 35.6. The molecule has 11 aromatic rings. The molecule has 11 rings (SSSR count). The van der Waals surface area contributed by atoms with Gasteiger partial charge < -0.3 is 0 Å². The molecule has 54 heavy (non-hydrogen) atoms. The van der Waals surface area contributed by atoms with Crippen molar-refractivity contribution in [3.63, 3.8) is 0 Å². The second kappa shape index (κ2) is 12.3. The Morgan fingerprint density at radius 3 is 1.43 bits per heavy atom. The Balaban J connectivity index is 1.14. The van der Waals surface area contributed by atoms with E-state index in [1.807, 2.05) is 0 Å². The summed E-state index contributed by atoms with van der Waals surface area (Å²) in [6.45, 7) is 0. The van der Waals surface area contributed by atoms with Crippen LogP contribution in [0.15, 0.2) is 200 Å². The number of rotatable bonds is 5. The van der Waals surface area contributed by atoms with E-state index in [9.17, 15) is 0 Å². The van der Waals surface area contributed by atoms with E-state index < -0.39 is 0 Å². The Morgan fingerprint density at radius 2 is 0.722 bits per heavy atom. The Hall–Kier alpha value is -7.09. The standard InChI is InChI=1S/C53H33N/c1-3-20-44-34(10-1)12-8-22-46(44)40-17-6-16-39(30-40)43-32-50(42-19-7-18-41(31-42)47-23-9-13-35-11-2-4-21-45(35)47)54-51(33-43)48-28-26-38-25-24-36-14-5-15-37-27-29-49(48)53(38)52(36)37/h1-33H. The molecule has 0 aliphatic carbocycles. The van der Waals surface area contributed by atoms with E-state index in [4.69, 9.17) is 4.98 Å². The van der Waals surface area contributed by atoms with Crippen molar-refractivity contribution in [3.8, 4) is 55.9 Å². The molecule has 0 aliphatic heterocycles. The van der Waals surface area contributed by atoms with Crippen LogP contribution in [0.5, 0.6) is 0 Å². The Labute approximate surface area is 313 Å². The first kappa shape index (κ1) is 30.5. The van der Waals surface area contributed by atoms with Gasteiger partial charge in [0, 0.05) is 11.1 Å². The molecule has 0 saturated carbocycles. The topological polar surface area (TPSA) is 12.9 Å². The lowest BCUT2D eigenvalue weighted by Gasteiger charge is -2.16. The highest BCUT2D eigenvalue weighted by Crippen LogP contribution is 2.41. The quantitative estimate of drug-likeness (QED) is 0.165. The second-order valence-corrected chi connectivity index (χ2v) is 14.3. The van der Waals surface area contributed by atoms with Crippen molar-refractivity contribution < 1.29 is 0 Å². The minimum absolute atomic E-state index is 0.950. The highest BCUT2D eigenvalue weighted by Gasteiger charge is 2.16. The molecule has 0 fully saturated rings. The van der Waals surface area contributed by atoms with E-state index >= 15 is 0 Å². The molecule has 0 aliphatic rings. The molecule has 0 amide bonds. The van der Waals surface area contributed by atoms with E-state index in [2.05, 4.69) is 200 Å². The molecule has 0 bridgehead atoms. The summed E-state index contributed by atoms with van der Waals surface area (Å²) in [6, 6.07) is 73.0. The first-order chi connectivity index (χ1) is 26.7. The average molecular weight is 684 g/mol. The van der Waals surface area contributed by atoms with Crippen LogP contribution in [0.25, 0.3) is 110 Å². The third-order valence-corrected chi connectivity index (χ3v) is 11.2. The molecule has 1 heterocycles. The maximum atomic E-state index is 5.50. The summed E-state index contributed by atoms with van der Waals surface area (Å²) in [7, 11) is 0. The van der Waals surface area contributed by atoms with E-state index in [-0.39, 0.29) is 0 Å². The molecule has 0 atom stereocenters. The van der Waals surface area contributed by atoms with E-state index in [1.54, 1.807) is 0 Å². The third-order valence-electron chi connectivity index (χ3n) is 11.2. The second-order valence-electron chi connectivity index (χ2n) is 14.3. The molecule has 0 radical (unpaired) electrons. The summed E-state index contributed by atoms with van der Waals surface area (Å²) in [6.07, 6.45) is 0. The van der Waals surface area contributed by atoms with Gasteiger partial charge in [0.05, 0.1) is 11.4 Å². The molecular weight excluding hydrogens is 651 g/mol. The summed E-state index contributed by atoms with van der Waals surface area (Å²) >= 11 is 0. The highest BCUT2D eigenvalue weighted by molar-refractivity contribution is 6.25. The van der Waals surface area contributed by atoms with Crippen LogP contribution >= 0.6 is 0 Å². The van der Waals surface area contributed by atoms with Crippen molar-refractivity contribution in [1.29, 1.82) is 0 Å². The minimum atomic E-state index is 0.950. The minimum Gasteiger partial charge on any atom is -0.248 e. The zero-order valence-electron chi connectivity index (χ0n) is 29.5. The van der Waals surface area contributed by atoms with Gasteiger partial charge in [-0.25, -0.2) is 4.98 Å². The van der Waals surface area contributed by atoms with Crippen LogP contribution in [0, 0.1) is 0 Å². The van der Waals surface area contributed by atoms with Crippen LogP contribution < -0.4 is 0 Å². The van der Waals surface area contributed by atoms with E-state index in [0.29, 0.717) is 0 Å². The van der Waals surface area contributed by atoms with Crippen LogP contribution in [0.3, 0.4) is 0 Å². The maximum Gasteiger partial charge on any atom is 0.0721 e. The molecular formula is C53H33N. The molecule has 1 nitrogen and oxygen atoms in total. The molecule has 250 valence electrons. The smallest absolute Gasteiger partial charge is 0.0721 e. The number of benzene rings is 10. The van der Waals surface area contributed by atoms with Crippen molar-refractivity contribution >= 4 is 53.9 Å². The Bertz CT molecular complexity index is 3060. The van der Waals surface area contributed by atoms with Gasteiger partial charge in [0.1, 0.15) is 0 Å².